The molecule has 2 N–H and O–H groups in total. The highest BCUT2D eigenvalue weighted by atomic mass is 19.1. The number of rotatable bonds is 8. The topological polar surface area (TPSA) is 67.5 Å². The minimum atomic E-state index is -1.21. The van der Waals surface area contributed by atoms with Gasteiger partial charge in [0.25, 0.3) is 0 Å². The molecule has 1 atom stereocenters. The van der Waals surface area contributed by atoms with E-state index in [0.29, 0.717) is 29.5 Å². The molecule has 2 aromatic rings. The lowest BCUT2D eigenvalue weighted by atomic mass is 9.80. The first kappa shape index (κ1) is 20.1. The quantitative estimate of drug-likeness (QED) is 0.763. The second-order valence-corrected chi connectivity index (χ2v) is 6.88. The third-order valence-corrected chi connectivity index (χ3v) is 4.51. The lowest BCUT2D eigenvalue weighted by Crippen LogP contribution is -2.31. The van der Waals surface area contributed by atoms with E-state index >= 15 is 0 Å². The van der Waals surface area contributed by atoms with E-state index in [1.165, 1.54) is 12.1 Å². The van der Waals surface area contributed by atoms with E-state index in [9.17, 15) is 14.6 Å². The third kappa shape index (κ3) is 5.12. The van der Waals surface area contributed by atoms with Gasteiger partial charge in [-0.1, -0.05) is 18.2 Å². The molecule has 2 aromatic carbocycles. The van der Waals surface area contributed by atoms with Crippen molar-refractivity contribution in [3.8, 4) is 6.07 Å². The highest BCUT2D eigenvalue weighted by Crippen LogP contribution is 2.34. The molecule has 26 heavy (non-hydrogen) atoms. The Hall–Kier alpha value is -2.26. The Morgan fingerprint density at radius 1 is 1.15 bits per heavy atom. The predicted molar refractivity (Wildman–Crippen MR) is 98.9 cm³/mol. The summed E-state index contributed by atoms with van der Waals surface area (Å²) >= 11 is 0. The van der Waals surface area contributed by atoms with E-state index in [0.717, 1.165) is 18.5 Å². The van der Waals surface area contributed by atoms with E-state index in [2.05, 4.69) is 6.07 Å². The number of aliphatic hydroxyl groups is 2. The summed E-state index contributed by atoms with van der Waals surface area (Å²) in [5.41, 5.74) is 1.20. The monoisotopic (exact) mass is 356 g/mol. The molecular weight excluding hydrogens is 331 g/mol. The molecule has 138 valence electrons. The predicted octanol–water partition coefficient (Wildman–Crippen LogP) is 2.96. The van der Waals surface area contributed by atoms with Crippen LogP contribution in [-0.4, -0.2) is 35.8 Å². The van der Waals surface area contributed by atoms with E-state index in [-0.39, 0.29) is 12.4 Å². The van der Waals surface area contributed by atoms with Crippen LogP contribution in [-0.2, 0) is 18.6 Å². The van der Waals surface area contributed by atoms with Crippen LogP contribution in [0.4, 0.5) is 4.39 Å². The molecule has 1 unspecified atom stereocenters. The summed E-state index contributed by atoms with van der Waals surface area (Å²) < 4.78 is 13.2. The van der Waals surface area contributed by atoms with Crippen molar-refractivity contribution in [1.29, 1.82) is 5.26 Å². The average Bonchev–Trinajstić information content (AvgIpc) is 2.62. The maximum absolute atomic E-state index is 13.2. The number of hydrogen-bond donors (Lipinski definition) is 2. The normalized spacial score (nSPS) is 13.4. The molecule has 0 aliphatic carbocycles. The van der Waals surface area contributed by atoms with Crippen LogP contribution in [0.1, 0.15) is 35.1 Å². The molecule has 0 heterocycles. The number of nitriles is 1. The minimum absolute atomic E-state index is 0.260. The van der Waals surface area contributed by atoms with Crippen LogP contribution in [0, 0.1) is 17.1 Å². The molecular formula is C21H25FN2O2. The highest BCUT2D eigenvalue weighted by molar-refractivity contribution is 5.41. The number of nitrogens with zero attached hydrogens (tertiary/aromatic N) is 2. The van der Waals surface area contributed by atoms with E-state index < -0.39 is 5.60 Å². The Bertz CT molecular complexity index is 769. The van der Waals surface area contributed by atoms with Gasteiger partial charge in [0.05, 0.1) is 23.8 Å². The minimum Gasteiger partial charge on any atom is -0.392 e. The molecule has 0 spiro atoms. The Morgan fingerprint density at radius 3 is 2.42 bits per heavy atom. The molecule has 0 fully saturated rings. The second-order valence-electron chi connectivity index (χ2n) is 6.88. The average molecular weight is 356 g/mol. The van der Waals surface area contributed by atoms with Crippen molar-refractivity contribution in [2.75, 3.05) is 20.6 Å². The summed E-state index contributed by atoms with van der Waals surface area (Å²) in [7, 11) is 3.94. The van der Waals surface area contributed by atoms with E-state index in [1.807, 2.05) is 19.0 Å². The van der Waals surface area contributed by atoms with Crippen molar-refractivity contribution >= 4 is 0 Å². The van der Waals surface area contributed by atoms with Crippen LogP contribution in [0.15, 0.2) is 42.5 Å². The van der Waals surface area contributed by atoms with Gasteiger partial charge < -0.3 is 15.1 Å². The van der Waals surface area contributed by atoms with E-state index in [4.69, 9.17) is 5.26 Å². The van der Waals surface area contributed by atoms with Crippen LogP contribution < -0.4 is 0 Å². The molecule has 0 aliphatic rings. The maximum atomic E-state index is 13.2. The number of aliphatic hydroxyl groups excluding tert-OH is 1. The Morgan fingerprint density at radius 2 is 1.85 bits per heavy atom. The maximum Gasteiger partial charge on any atom is 0.123 e. The van der Waals surface area contributed by atoms with Gasteiger partial charge in [0.2, 0.25) is 0 Å². The zero-order valence-electron chi connectivity index (χ0n) is 15.2. The van der Waals surface area contributed by atoms with Gasteiger partial charge in [0, 0.05) is 6.42 Å². The summed E-state index contributed by atoms with van der Waals surface area (Å²) in [6.07, 6.45) is 1.55. The van der Waals surface area contributed by atoms with Crippen LogP contribution in [0.2, 0.25) is 0 Å². The number of halogens is 1. The number of benzene rings is 2. The van der Waals surface area contributed by atoms with Gasteiger partial charge in [-0.3, -0.25) is 0 Å². The van der Waals surface area contributed by atoms with Crippen molar-refractivity contribution in [3.05, 3.63) is 70.5 Å². The molecule has 0 radical (unpaired) electrons. The molecule has 2 rings (SSSR count). The highest BCUT2D eigenvalue weighted by Gasteiger charge is 2.31. The summed E-state index contributed by atoms with van der Waals surface area (Å²) in [6.45, 7) is 0.556. The summed E-state index contributed by atoms with van der Waals surface area (Å²) in [5.74, 6) is -0.320. The Kier molecular flexibility index (Phi) is 6.87. The van der Waals surface area contributed by atoms with Crippen LogP contribution >= 0.6 is 0 Å². The standard InChI is InChI=1S/C21H25FN2O2/c1-24(2)11-3-10-21(26,13-16-4-7-19(22)8-5-16)20-9-6-17(14-23)12-18(20)15-25/h4-9,12,25-26H,3,10-11,13,15H2,1-2H3. The van der Waals surface area contributed by atoms with Gasteiger partial charge in [-0.05, 0) is 74.4 Å². The lowest BCUT2D eigenvalue weighted by molar-refractivity contribution is 0.0220. The fourth-order valence-electron chi connectivity index (χ4n) is 3.19. The smallest absolute Gasteiger partial charge is 0.123 e. The van der Waals surface area contributed by atoms with Gasteiger partial charge >= 0.3 is 0 Å². The Labute approximate surface area is 154 Å². The molecule has 5 heteroatoms. The van der Waals surface area contributed by atoms with Gasteiger partial charge in [0.15, 0.2) is 0 Å². The molecule has 0 aromatic heterocycles. The fourth-order valence-corrected chi connectivity index (χ4v) is 3.19. The fraction of sp³-hybridized carbons (Fsp3) is 0.381. The molecule has 4 nitrogen and oxygen atoms in total. The summed E-state index contributed by atoms with van der Waals surface area (Å²) in [4.78, 5) is 2.05. The first-order valence-corrected chi connectivity index (χ1v) is 8.64. The van der Waals surface area contributed by atoms with Crippen molar-refractivity contribution < 1.29 is 14.6 Å². The molecule has 0 bridgehead atoms. The van der Waals surface area contributed by atoms with Crippen molar-refractivity contribution in [2.45, 2.75) is 31.5 Å². The molecule has 0 amide bonds. The van der Waals surface area contributed by atoms with Crippen LogP contribution in [0.5, 0.6) is 0 Å². The first-order valence-electron chi connectivity index (χ1n) is 8.64. The van der Waals surface area contributed by atoms with Gasteiger partial charge in [-0.15, -0.1) is 0 Å². The van der Waals surface area contributed by atoms with Crippen LogP contribution in [0.3, 0.4) is 0 Å². The largest absolute Gasteiger partial charge is 0.392 e. The zero-order valence-corrected chi connectivity index (χ0v) is 15.2. The first-order chi connectivity index (χ1) is 12.4. The second kappa shape index (κ2) is 8.91. The Balaban J connectivity index is 2.39. The molecule has 0 saturated heterocycles. The van der Waals surface area contributed by atoms with Gasteiger partial charge in [0.1, 0.15) is 5.82 Å². The lowest BCUT2D eigenvalue weighted by Gasteiger charge is -2.31. The summed E-state index contributed by atoms with van der Waals surface area (Å²) in [5, 5.41) is 30.3. The zero-order chi connectivity index (χ0) is 19.2. The van der Waals surface area contributed by atoms with Crippen molar-refractivity contribution in [3.63, 3.8) is 0 Å². The number of hydrogen-bond acceptors (Lipinski definition) is 4. The van der Waals surface area contributed by atoms with Crippen molar-refractivity contribution in [1.82, 2.24) is 4.90 Å². The van der Waals surface area contributed by atoms with Gasteiger partial charge in [-0.2, -0.15) is 5.26 Å². The molecule has 0 aliphatic heterocycles. The van der Waals surface area contributed by atoms with Gasteiger partial charge in [-0.25, -0.2) is 4.39 Å². The van der Waals surface area contributed by atoms with Crippen molar-refractivity contribution in [2.24, 2.45) is 0 Å². The van der Waals surface area contributed by atoms with E-state index in [1.54, 1.807) is 30.3 Å². The molecule has 0 saturated carbocycles. The van der Waals surface area contributed by atoms with Crippen LogP contribution in [0.25, 0.3) is 0 Å². The summed E-state index contributed by atoms with van der Waals surface area (Å²) in [6, 6.07) is 13.1. The third-order valence-electron chi connectivity index (χ3n) is 4.51. The SMILES string of the molecule is CN(C)CCCC(O)(Cc1ccc(F)cc1)c1ccc(C#N)cc1CO.